The normalized spacial score (nSPS) is 14.0. The van der Waals surface area contributed by atoms with Crippen LogP contribution in [0.15, 0.2) is 59.0 Å². The van der Waals surface area contributed by atoms with Crippen molar-refractivity contribution >= 4 is 16.9 Å². The van der Waals surface area contributed by atoms with Crippen molar-refractivity contribution in [3.63, 3.8) is 0 Å². The Labute approximate surface area is 160 Å². The highest BCUT2D eigenvalue weighted by molar-refractivity contribution is 5.78. The molecule has 0 saturated carbocycles. The van der Waals surface area contributed by atoms with Crippen LogP contribution in [0.5, 0.6) is 0 Å². The zero-order valence-electron chi connectivity index (χ0n) is 15.2. The Morgan fingerprint density at radius 2 is 1.79 bits per heavy atom. The number of amides is 1. The first-order valence-corrected chi connectivity index (χ1v) is 8.79. The standard InChI is InChI=1S/C21H20F3NO3/c1-20(27,18-12-15-4-2-3-5-17(15)28-18)13-25-19(26)11-8-14-6-9-16(10-7-14)21(22,23)24/h2-7,9-10,12,27H,8,11,13H2,1H3,(H,25,26). The molecule has 3 aromatic rings. The first-order chi connectivity index (χ1) is 13.1. The molecule has 0 aliphatic heterocycles. The third-order valence-corrected chi connectivity index (χ3v) is 4.51. The second-order valence-corrected chi connectivity index (χ2v) is 6.89. The Balaban J connectivity index is 1.53. The molecule has 1 atom stereocenters. The zero-order chi connectivity index (χ0) is 20.4. The molecule has 0 radical (unpaired) electrons. The summed E-state index contributed by atoms with van der Waals surface area (Å²) in [7, 11) is 0. The molecule has 3 rings (SSSR count). The van der Waals surface area contributed by atoms with Crippen molar-refractivity contribution in [2.75, 3.05) is 6.54 Å². The molecule has 1 unspecified atom stereocenters. The second kappa shape index (κ2) is 7.67. The fraction of sp³-hybridized carbons (Fsp3) is 0.286. The molecular formula is C21H20F3NO3. The summed E-state index contributed by atoms with van der Waals surface area (Å²) in [6.07, 6.45) is -3.98. The minimum Gasteiger partial charge on any atom is -0.458 e. The molecular weight excluding hydrogens is 371 g/mol. The van der Waals surface area contributed by atoms with E-state index in [9.17, 15) is 23.1 Å². The Morgan fingerprint density at radius 3 is 2.43 bits per heavy atom. The van der Waals surface area contributed by atoms with Crippen molar-refractivity contribution in [1.82, 2.24) is 5.32 Å². The van der Waals surface area contributed by atoms with Crippen molar-refractivity contribution in [2.45, 2.75) is 31.5 Å². The number of carbonyl (C=O) groups excluding carboxylic acids is 1. The highest BCUT2D eigenvalue weighted by atomic mass is 19.4. The fourth-order valence-corrected chi connectivity index (χ4v) is 2.81. The van der Waals surface area contributed by atoms with Crippen LogP contribution in [0.2, 0.25) is 0 Å². The molecule has 0 fully saturated rings. The first kappa shape index (κ1) is 19.9. The number of aryl methyl sites for hydroxylation is 1. The highest BCUT2D eigenvalue weighted by Crippen LogP contribution is 2.29. The van der Waals surface area contributed by atoms with Crippen molar-refractivity contribution in [3.8, 4) is 0 Å². The van der Waals surface area contributed by atoms with Crippen LogP contribution in [0, 0.1) is 0 Å². The van der Waals surface area contributed by atoms with E-state index in [0.717, 1.165) is 17.5 Å². The van der Waals surface area contributed by atoms with E-state index in [1.165, 1.54) is 12.1 Å². The van der Waals surface area contributed by atoms with Gasteiger partial charge in [-0.25, -0.2) is 0 Å². The summed E-state index contributed by atoms with van der Waals surface area (Å²) in [6.45, 7) is 1.50. The van der Waals surface area contributed by atoms with Crippen LogP contribution < -0.4 is 5.32 Å². The monoisotopic (exact) mass is 391 g/mol. The predicted molar refractivity (Wildman–Crippen MR) is 98.6 cm³/mol. The number of hydrogen-bond acceptors (Lipinski definition) is 3. The number of carbonyl (C=O) groups is 1. The third-order valence-electron chi connectivity index (χ3n) is 4.51. The van der Waals surface area contributed by atoms with Gasteiger partial charge in [0.25, 0.3) is 0 Å². The van der Waals surface area contributed by atoms with E-state index in [0.29, 0.717) is 23.3 Å². The number of hydrogen-bond donors (Lipinski definition) is 2. The number of aliphatic hydroxyl groups is 1. The molecule has 148 valence electrons. The van der Waals surface area contributed by atoms with Crippen LogP contribution in [0.3, 0.4) is 0 Å². The lowest BCUT2D eigenvalue weighted by Crippen LogP contribution is -2.38. The summed E-state index contributed by atoms with van der Waals surface area (Å²) >= 11 is 0. The Kier molecular flexibility index (Phi) is 5.47. The summed E-state index contributed by atoms with van der Waals surface area (Å²) in [5, 5.41) is 14.1. The molecule has 0 saturated heterocycles. The van der Waals surface area contributed by atoms with Gasteiger partial charge in [0.15, 0.2) is 0 Å². The largest absolute Gasteiger partial charge is 0.458 e. The van der Waals surface area contributed by atoms with Gasteiger partial charge in [-0.15, -0.1) is 0 Å². The summed E-state index contributed by atoms with van der Waals surface area (Å²) < 4.78 is 43.3. The Bertz CT molecular complexity index is 926. The summed E-state index contributed by atoms with van der Waals surface area (Å²) in [6, 6.07) is 13.8. The Hall–Kier alpha value is -2.80. The van der Waals surface area contributed by atoms with Crippen molar-refractivity contribution in [2.24, 2.45) is 0 Å². The number of halogens is 3. The minimum atomic E-state index is -4.38. The second-order valence-electron chi connectivity index (χ2n) is 6.89. The number of alkyl halides is 3. The van der Waals surface area contributed by atoms with Gasteiger partial charge in [0, 0.05) is 11.8 Å². The number of rotatable bonds is 6. The number of nitrogens with one attached hydrogen (secondary N) is 1. The lowest BCUT2D eigenvalue weighted by atomic mass is 10.0. The smallest absolute Gasteiger partial charge is 0.416 e. The van der Waals surface area contributed by atoms with Gasteiger partial charge in [0.2, 0.25) is 5.91 Å². The minimum absolute atomic E-state index is 0.0430. The maximum Gasteiger partial charge on any atom is 0.416 e. The van der Waals surface area contributed by atoms with E-state index in [-0.39, 0.29) is 18.9 Å². The average molecular weight is 391 g/mol. The van der Waals surface area contributed by atoms with E-state index in [1.54, 1.807) is 19.1 Å². The van der Waals surface area contributed by atoms with Crippen LogP contribution in [0.1, 0.15) is 30.2 Å². The van der Waals surface area contributed by atoms with Gasteiger partial charge >= 0.3 is 6.18 Å². The molecule has 0 spiro atoms. The van der Waals surface area contributed by atoms with Gasteiger partial charge in [-0.2, -0.15) is 13.2 Å². The predicted octanol–water partition coefficient (Wildman–Crippen LogP) is 4.41. The molecule has 0 aliphatic rings. The molecule has 1 heterocycles. The lowest BCUT2D eigenvalue weighted by molar-refractivity contribution is -0.137. The maximum absolute atomic E-state index is 12.6. The van der Waals surface area contributed by atoms with Crippen LogP contribution >= 0.6 is 0 Å². The van der Waals surface area contributed by atoms with Crippen molar-refractivity contribution in [3.05, 3.63) is 71.5 Å². The number of para-hydroxylation sites is 1. The topological polar surface area (TPSA) is 62.5 Å². The van der Waals surface area contributed by atoms with Gasteiger partial charge in [0.1, 0.15) is 16.9 Å². The molecule has 1 amide bonds. The van der Waals surface area contributed by atoms with Crippen LogP contribution in [0.4, 0.5) is 13.2 Å². The highest BCUT2D eigenvalue weighted by Gasteiger charge is 2.30. The summed E-state index contributed by atoms with van der Waals surface area (Å²) in [5.74, 6) is 0.0352. The maximum atomic E-state index is 12.6. The van der Waals surface area contributed by atoms with E-state index in [2.05, 4.69) is 5.32 Å². The quantitative estimate of drug-likeness (QED) is 0.654. The number of fused-ring (bicyclic) bond motifs is 1. The molecule has 2 N–H and O–H groups in total. The van der Waals surface area contributed by atoms with Crippen molar-refractivity contribution in [1.29, 1.82) is 0 Å². The number of benzene rings is 2. The molecule has 7 heteroatoms. The number of furan rings is 1. The zero-order valence-corrected chi connectivity index (χ0v) is 15.2. The van der Waals surface area contributed by atoms with Crippen molar-refractivity contribution < 1.29 is 27.5 Å². The summed E-state index contributed by atoms with van der Waals surface area (Å²) in [4.78, 5) is 12.1. The van der Waals surface area contributed by atoms with E-state index in [4.69, 9.17) is 4.42 Å². The lowest BCUT2D eigenvalue weighted by Gasteiger charge is -2.21. The molecule has 4 nitrogen and oxygen atoms in total. The van der Waals surface area contributed by atoms with E-state index in [1.807, 2.05) is 18.2 Å². The molecule has 28 heavy (non-hydrogen) atoms. The average Bonchev–Trinajstić information content (AvgIpc) is 3.10. The SMILES string of the molecule is CC(O)(CNC(=O)CCc1ccc(C(F)(F)F)cc1)c1cc2ccccc2o1. The molecule has 1 aromatic heterocycles. The molecule has 0 bridgehead atoms. The molecule has 2 aromatic carbocycles. The van der Waals surface area contributed by atoms with E-state index < -0.39 is 17.3 Å². The van der Waals surface area contributed by atoms with Gasteiger partial charge in [0.05, 0.1) is 12.1 Å². The van der Waals surface area contributed by atoms with Crippen LogP contribution in [-0.2, 0) is 23.0 Å². The third kappa shape index (κ3) is 4.72. The van der Waals surface area contributed by atoms with Gasteiger partial charge < -0.3 is 14.8 Å². The Morgan fingerprint density at radius 1 is 1.11 bits per heavy atom. The van der Waals surface area contributed by atoms with E-state index >= 15 is 0 Å². The fourth-order valence-electron chi connectivity index (χ4n) is 2.81. The van der Waals surface area contributed by atoms with Crippen LogP contribution in [0.25, 0.3) is 11.0 Å². The first-order valence-electron chi connectivity index (χ1n) is 8.79. The van der Waals surface area contributed by atoms with Gasteiger partial charge in [-0.3, -0.25) is 4.79 Å². The van der Waals surface area contributed by atoms with Gasteiger partial charge in [-0.1, -0.05) is 30.3 Å². The molecule has 0 aliphatic carbocycles. The summed E-state index contributed by atoms with van der Waals surface area (Å²) in [5.41, 5.74) is -0.829. The van der Waals surface area contributed by atoms with Gasteiger partial charge in [-0.05, 0) is 43.2 Å². The van der Waals surface area contributed by atoms with Crippen LogP contribution in [-0.4, -0.2) is 17.6 Å².